The van der Waals surface area contributed by atoms with Gasteiger partial charge in [-0.25, -0.2) is 0 Å². The van der Waals surface area contributed by atoms with Crippen LogP contribution in [0.1, 0.15) is 26.2 Å². The molecule has 0 unspecified atom stereocenters. The Morgan fingerprint density at radius 3 is 2.76 bits per heavy atom. The third kappa shape index (κ3) is 7.69. The summed E-state index contributed by atoms with van der Waals surface area (Å²) in [6.45, 7) is 8.36. The molecule has 0 bridgehead atoms. The van der Waals surface area contributed by atoms with Crippen LogP contribution in [0.2, 0.25) is 0 Å². The van der Waals surface area contributed by atoms with Gasteiger partial charge in [-0.1, -0.05) is 19.8 Å². The van der Waals surface area contributed by atoms with Gasteiger partial charge in [0, 0.05) is 52.0 Å². The van der Waals surface area contributed by atoms with Gasteiger partial charge >= 0.3 is 0 Å². The molecule has 0 atom stereocenters. The molecule has 0 aromatic carbocycles. The van der Waals surface area contributed by atoms with Crippen molar-refractivity contribution in [3.63, 3.8) is 0 Å². The number of nitrogens with zero attached hydrogens (tertiary/aromatic N) is 2. The molecular formula is C15H27N5O. The van der Waals surface area contributed by atoms with Gasteiger partial charge in [0.25, 0.3) is 5.91 Å². The lowest BCUT2D eigenvalue weighted by molar-refractivity contribution is -0.117. The maximum absolute atomic E-state index is 11.9. The highest BCUT2D eigenvalue weighted by Gasteiger charge is 2.11. The standard InChI is InChI=1S/C15H27N5O/c1-2-3-4-5-18-13-14(12-16)15(21)19-8-11-20-9-6-17-7-10-20/h13,17-18H,2-11H2,1H3,(H,19,21)/b14-13-. The third-order valence-corrected chi connectivity index (χ3v) is 3.46. The summed E-state index contributed by atoms with van der Waals surface area (Å²) in [5, 5.41) is 18.1. The van der Waals surface area contributed by atoms with E-state index in [1.54, 1.807) is 0 Å². The van der Waals surface area contributed by atoms with E-state index in [-0.39, 0.29) is 11.5 Å². The second kappa shape index (κ2) is 11.1. The van der Waals surface area contributed by atoms with Crippen molar-refractivity contribution in [3.05, 3.63) is 11.8 Å². The van der Waals surface area contributed by atoms with Crippen LogP contribution in [0.3, 0.4) is 0 Å². The zero-order chi connectivity index (χ0) is 15.3. The van der Waals surface area contributed by atoms with Crippen molar-refractivity contribution >= 4 is 5.91 Å². The minimum Gasteiger partial charge on any atom is -0.390 e. The van der Waals surface area contributed by atoms with E-state index in [2.05, 4.69) is 27.8 Å². The van der Waals surface area contributed by atoms with E-state index in [0.29, 0.717) is 6.54 Å². The van der Waals surface area contributed by atoms with Crippen molar-refractivity contribution in [2.75, 3.05) is 45.8 Å². The molecule has 6 heteroatoms. The Hall–Kier alpha value is -1.58. The van der Waals surface area contributed by atoms with E-state index in [0.717, 1.165) is 58.5 Å². The van der Waals surface area contributed by atoms with Crippen molar-refractivity contribution < 1.29 is 4.79 Å². The molecule has 0 radical (unpaired) electrons. The molecule has 0 saturated carbocycles. The quantitative estimate of drug-likeness (QED) is 0.321. The van der Waals surface area contributed by atoms with Gasteiger partial charge in [-0.15, -0.1) is 0 Å². The Morgan fingerprint density at radius 1 is 1.33 bits per heavy atom. The first-order valence-electron chi connectivity index (χ1n) is 7.83. The predicted molar refractivity (Wildman–Crippen MR) is 83.5 cm³/mol. The summed E-state index contributed by atoms with van der Waals surface area (Å²) in [5.74, 6) is -0.296. The summed E-state index contributed by atoms with van der Waals surface area (Å²) in [6.07, 6.45) is 4.88. The first-order valence-corrected chi connectivity index (χ1v) is 7.83. The maximum atomic E-state index is 11.9. The lowest BCUT2D eigenvalue weighted by Crippen LogP contribution is -2.46. The molecular weight excluding hydrogens is 266 g/mol. The van der Waals surface area contributed by atoms with Gasteiger partial charge in [0.1, 0.15) is 11.6 Å². The molecule has 6 nitrogen and oxygen atoms in total. The average molecular weight is 293 g/mol. The molecule has 1 aliphatic rings. The third-order valence-electron chi connectivity index (χ3n) is 3.46. The number of carbonyl (C=O) groups is 1. The molecule has 1 amide bonds. The number of rotatable bonds is 9. The Bertz CT molecular complexity index is 369. The molecule has 0 aromatic heterocycles. The summed E-state index contributed by atoms with van der Waals surface area (Å²) < 4.78 is 0. The Morgan fingerprint density at radius 2 is 2.10 bits per heavy atom. The van der Waals surface area contributed by atoms with Crippen LogP contribution in [-0.2, 0) is 4.79 Å². The van der Waals surface area contributed by atoms with Crippen molar-refractivity contribution in [1.29, 1.82) is 5.26 Å². The molecule has 1 heterocycles. The minimum absolute atomic E-state index is 0.145. The predicted octanol–water partition coefficient (Wildman–Crippen LogP) is 0.195. The topological polar surface area (TPSA) is 80.2 Å². The van der Waals surface area contributed by atoms with Gasteiger partial charge < -0.3 is 16.0 Å². The zero-order valence-corrected chi connectivity index (χ0v) is 13.0. The van der Waals surface area contributed by atoms with Gasteiger partial charge in [0.15, 0.2) is 0 Å². The first kappa shape index (κ1) is 17.5. The molecule has 1 saturated heterocycles. The molecule has 1 rings (SSSR count). The monoisotopic (exact) mass is 293 g/mol. The van der Waals surface area contributed by atoms with E-state index in [4.69, 9.17) is 5.26 Å². The second-order valence-corrected chi connectivity index (χ2v) is 5.18. The van der Waals surface area contributed by atoms with Crippen LogP contribution in [0.4, 0.5) is 0 Å². The Kier molecular flexibility index (Phi) is 9.25. The minimum atomic E-state index is -0.296. The van der Waals surface area contributed by atoms with Gasteiger partial charge in [-0.3, -0.25) is 9.69 Å². The number of hydrogen-bond donors (Lipinski definition) is 3. The van der Waals surface area contributed by atoms with E-state index >= 15 is 0 Å². The maximum Gasteiger partial charge on any atom is 0.263 e. The molecule has 0 spiro atoms. The van der Waals surface area contributed by atoms with Crippen molar-refractivity contribution in [2.45, 2.75) is 26.2 Å². The number of carbonyl (C=O) groups excluding carboxylic acids is 1. The zero-order valence-electron chi connectivity index (χ0n) is 13.0. The van der Waals surface area contributed by atoms with Crippen LogP contribution in [0, 0.1) is 11.3 Å². The fourth-order valence-corrected chi connectivity index (χ4v) is 2.16. The van der Waals surface area contributed by atoms with Crippen molar-refractivity contribution in [3.8, 4) is 6.07 Å². The van der Waals surface area contributed by atoms with E-state index in [1.165, 1.54) is 6.20 Å². The van der Waals surface area contributed by atoms with Gasteiger partial charge in [-0.05, 0) is 6.42 Å². The van der Waals surface area contributed by atoms with Crippen LogP contribution in [0.25, 0.3) is 0 Å². The van der Waals surface area contributed by atoms with Gasteiger partial charge in [0.05, 0.1) is 0 Å². The smallest absolute Gasteiger partial charge is 0.263 e. The van der Waals surface area contributed by atoms with Crippen LogP contribution >= 0.6 is 0 Å². The van der Waals surface area contributed by atoms with Crippen LogP contribution < -0.4 is 16.0 Å². The fourth-order valence-electron chi connectivity index (χ4n) is 2.16. The summed E-state index contributed by atoms with van der Waals surface area (Å²) in [7, 11) is 0. The van der Waals surface area contributed by atoms with Crippen LogP contribution in [-0.4, -0.2) is 56.6 Å². The van der Waals surface area contributed by atoms with Crippen molar-refractivity contribution in [2.24, 2.45) is 0 Å². The number of piperazine rings is 1. The van der Waals surface area contributed by atoms with Gasteiger partial charge in [-0.2, -0.15) is 5.26 Å². The lowest BCUT2D eigenvalue weighted by atomic mass is 10.2. The van der Waals surface area contributed by atoms with Crippen LogP contribution in [0.15, 0.2) is 11.8 Å². The summed E-state index contributed by atoms with van der Waals surface area (Å²) in [4.78, 5) is 14.2. The van der Waals surface area contributed by atoms with E-state index < -0.39 is 0 Å². The molecule has 3 N–H and O–H groups in total. The molecule has 21 heavy (non-hydrogen) atoms. The number of unbranched alkanes of at least 4 members (excludes halogenated alkanes) is 2. The number of nitriles is 1. The highest BCUT2D eigenvalue weighted by atomic mass is 16.1. The number of amides is 1. The van der Waals surface area contributed by atoms with Crippen molar-refractivity contribution in [1.82, 2.24) is 20.9 Å². The number of nitrogens with one attached hydrogen (secondary N) is 3. The molecule has 118 valence electrons. The molecule has 1 fully saturated rings. The SMILES string of the molecule is CCCCCN/C=C(/C#N)C(=O)NCCN1CCNCC1. The largest absolute Gasteiger partial charge is 0.390 e. The van der Waals surface area contributed by atoms with E-state index in [9.17, 15) is 4.79 Å². The lowest BCUT2D eigenvalue weighted by Gasteiger charge is -2.27. The second-order valence-electron chi connectivity index (χ2n) is 5.18. The molecule has 1 aliphatic heterocycles. The molecule has 0 aliphatic carbocycles. The highest BCUT2D eigenvalue weighted by Crippen LogP contribution is 1.94. The highest BCUT2D eigenvalue weighted by molar-refractivity contribution is 5.97. The van der Waals surface area contributed by atoms with Crippen LogP contribution in [0.5, 0.6) is 0 Å². The van der Waals surface area contributed by atoms with Gasteiger partial charge in [0.2, 0.25) is 0 Å². The summed E-state index contributed by atoms with van der Waals surface area (Å²) in [6, 6.07) is 1.94. The Labute approximate surface area is 127 Å². The first-order chi connectivity index (χ1) is 10.3. The molecule has 0 aromatic rings. The summed E-state index contributed by atoms with van der Waals surface area (Å²) in [5.41, 5.74) is 0.145. The fraction of sp³-hybridized carbons (Fsp3) is 0.733. The number of hydrogen-bond acceptors (Lipinski definition) is 5. The van der Waals surface area contributed by atoms with E-state index in [1.807, 2.05) is 6.07 Å². The normalized spacial score (nSPS) is 16.3. The average Bonchev–Trinajstić information content (AvgIpc) is 2.52. The Balaban J connectivity index is 2.20. The summed E-state index contributed by atoms with van der Waals surface area (Å²) >= 11 is 0.